The first kappa shape index (κ1) is 15.6. The molecular formula is C12H18N2O4S. The highest BCUT2D eigenvalue weighted by Gasteiger charge is 2.28. The average molecular weight is 286 g/mol. The molecule has 0 radical (unpaired) electrons. The smallest absolute Gasteiger partial charge is 0.325 e. The fourth-order valence-electron chi connectivity index (χ4n) is 1.39. The van der Waals surface area contributed by atoms with Gasteiger partial charge in [0.1, 0.15) is 0 Å². The third kappa shape index (κ3) is 4.30. The van der Waals surface area contributed by atoms with Gasteiger partial charge in [0.05, 0.1) is 7.11 Å². The first-order chi connectivity index (χ1) is 8.90. The van der Waals surface area contributed by atoms with Crippen LogP contribution in [0, 0.1) is 0 Å². The maximum Gasteiger partial charge on any atom is 0.325 e. The monoisotopic (exact) mass is 286 g/mol. The standard InChI is InChI=1S/C12H18N2O4S/c1-9(12(15)18-2)19(16,17)14-8-11-5-3-10(7-13)4-6-11/h3-6,9,14H,7-8,13H2,1-2H3. The highest BCUT2D eigenvalue weighted by Crippen LogP contribution is 2.06. The fourth-order valence-corrected chi connectivity index (χ4v) is 2.36. The van der Waals surface area contributed by atoms with Crippen LogP contribution in [0.4, 0.5) is 0 Å². The minimum atomic E-state index is -3.73. The molecular weight excluding hydrogens is 268 g/mol. The Balaban J connectivity index is 2.66. The Morgan fingerprint density at radius 1 is 1.32 bits per heavy atom. The summed E-state index contributed by atoms with van der Waals surface area (Å²) in [6, 6.07) is 7.22. The van der Waals surface area contributed by atoms with Crippen molar-refractivity contribution in [3.05, 3.63) is 35.4 Å². The molecule has 0 bridgehead atoms. The number of esters is 1. The molecule has 0 fully saturated rings. The average Bonchev–Trinajstić information content (AvgIpc) is 2.44. The van der Waals surface area contributed by atoms with Crippen molar-refractivity contribution in [1.82, 2.24) is 4.72 Å². The number of sulfonamides is 1. The van der Waals surface area contributed by atoms with E-state index in [2.05, 4.69) is 9.46 Å². The lowest BCUT2D eigenvalue weighted by atomic mass is 10.1. The van der Waals surface area contributed by atoms with Gasteiger partial charge in [-0.3, -0.25) is 4.79 Å². The number of methoxy groups -OCH3 is 1. The molecule has 1 rings (SSSR count). The Morgan fingerprint density at radius 3 is 2.32 bits per heavy atom. The molecule has 1 aromatic rings. The van der Waals surface area contributed by atoms with Gasteiger partial charge < -0.3 is 10.5 Å². The number of rotatable bonds is 6. The number of carbonyl (C=O) groups excluding carboxylic acids is 1. The summed E-state index contributed by atoms with van der Waals surface area (Å²) in [6.45, 7) is 1.84. The van der Waals surface area contributed by atoms with Crippen LogP contribution in [-0.2, 0) is 32.6 Å². The van der Waals surface area contributed by atoms with Gasteiger partial charge in [0, 0.05) is 13.1 Å². The lowest BCUT2D eigenvalue weighted by molar-refractivity contribution is -0.139. The summed E-state index contributed by atoms with van der Waals surface area (Å²) in [6.07, 6.45) is 0. The van der Waals surface area contributed by atoms with Crippen molar-refractivity contribution in [2.75, 3.05) is 7.11 Å². The van der Waals surface area contributed by atoms with E-state index in [9.17, 15) is 13.2 Å². The van der Waals surface area contributed by atoms with Crippen molar-refractivity contribution in [3.63, 3.8) is 0 Å². The summed E-state index contributed by atoms with van der Waals surface area (Å²) in [5, 5.41) is -1.24. The number of hydrogen-bond acceptors (Lipinski definition) is 5. The zero-order valence-corrected chi connectivity index (χ0v) is 11.7. The summed E-state index contributed by atoms with van der Waals surface area (Å²) < 4.78 is 30.4. The maximum atomic E-state index is 11.8. The van der Waals surface area contributed by atoms with Gasteiger partial charge in [0.15, 0.2) is 5.25 Å². The second kappa shape index (κ2) is 6.65. The van der Waals surface area contributed by atoms with Crippen LogP contribution in [0.3, 0.4) is 0 Å². The zero-order chi connectivity index (χ0) is 14.5. The van der Waals surface area contributed by atoms with Crippen LogP contribution in [0.2, 0.25) is 0 Å². The Labute approximate surface area is 113 Å². The molecule has 1 aromatic carbocycles. The molecule has 6 nitrogen and oxygen atoms in total. The number of benzene rings is 1. The Kier molecular flexibility index (Phi) is 5.46. The van der Waals surface area contributed by atoms with Crippen LogP contribution in [0.5, 0.6) is 0 Å². The van der Waals surface area contributed by atoms with Crippen molar-refractivity contribution in [3.8, 4) is 0 Å². The van der Waals surface area contributed by atoms with Crippen LogP contribution in [0.15, 0.2) is 24.3 Å². The Bertz CT molecular complexity index is 525. The highest BCUT2D eigenvalue weighted by molar-refractivity contribution is 7.90. The van der Waals surface area contributed by atoms with E-state index < -0.39 is 21.2 Å². The molecule has 1 atom stereocenters. The summed E-state index contributed by atoms with van der Waals surface area (Å²) in [5.41, 5.74) is 7.23. The van der Waals surface area contributed by atoms with E-state index in [4.69, 9.17) is 5.73 Å². The molecule has 0 aromatic heterocycles. The predicted molar refractivity (Wildman–Crippen MR) is 71.6 cm³/mol. The lowest BCUT2D eigenvalue weighted by Crippen LogP contribution is -2.37. The summed E-state index contributed by atoms with van der Waals surface area (Å²) >= 11 is 0. The van der Waals surface area contributed by atoms with Crippen LogP contribution in [0.1, 0.15) is 18.1 Å². The second-order valence-corrected chi connectivity index (χ2v) is 6.14. The Hall–Kier alpha value is -1.44. The van der Waals surface area contributed by atoms with Gasteiger partial charge in [-0.25, -0.2) is 13.1 Å². The maximum absolute atomic E-state index is 11.8. The van der Waals surface area contributed by atoms with Gasteiger partial charge in [-0.05, 0) is 18.1 Å². The molecule has 0 aliphatic heterocycles. The molecule has 19 heavy (non-hydrogen) atoms. The van der Waals surface area contributed by atoms with Crippen LogP contribution >= 0.6 is 0 Å². The third-order valence-corrected chi connectivity index (χ3v) is 4.40. The molecule has 0 saturated carbocycles. The minimum absolute atomic E-state index is 0.120. The van der Waals surface area contributed by atoms with Crippen LogP contribution in [0.25, 0.3) is 0 Å². The van der Waals surface area contributed by atoms with E-state index in [1.807, 2.05) is 12.1 Å². The van der Waals surface area contributed by atoms with E-state index in [1.165, 1.54) is 6.92 Å². The SMILES string of the molecule is COC(=O)C(C)S(=O)(=O)NCc1ccc(CN)cc1. The summed E-state index contributed by atoms with van der Waals surface area (Å²) in [4.78, 5) is 11.2. The molecule has 0 aliphatic rings. The predicted octanol–water partition coefficient (Wildman–Crippen LogP) is 0.126. The molecule has 0 spiro atoms. The van der Waals surface area contributed by atoms with Gasteiger partial charge in [-0.1, -0.05) is 24.3 Å². The van der Waals surface area contributed by atoms with Crippen molar-refractivity contribution >= 4 is 16.0 Å². The van der Waals surface area contributed by atoms with Gasteiger partial charge in [0.25, 0.3) is 0 Å². The number of nitrogens with two attached hydrogens (primary N) is 1. The molecule has 106 valence electrons. The number of nitrogens with one attached hydrogen (secondary N) is 1. The van der Waals surface area contributed by atoms with Gasteiger partial charge >= 0.3 is 5.97 Å². The van der Waals surface area contributed by atoms with E-state index in [0.29, 0.717) is 6.54 Å². The van der Waals surface area contributed by atoms with Crippen LogP contribution in [-0.4, -0.2) is 26.7 Å². The lowest BCUT2D eigenvalue weighted by Gasteiger charge is -2.12. The summed E-state index contributed by atoms with van der Waals surface area (Å²) in [7, 11) is -2.58. The number of ether oxygens (including phenoxy) is 1. The number of carbonyl (C=O) groups is 1. The van der Waals surface area contributed by atoms with Gasteiger partial charge in [-0.15, -0.1) is 0 Å². The van der Waals surface area contributed by atoms with Gasteiger partial charge in [-0.2, -0.15) is 0 Å². The molecule has 0 amide bonds. The van der Waals surface area contributed by atoms with E-state index >= 15 is 0 Å². The first-order valence-electron chi connectivity index (χ1n) is 5.75. The normalized spacial score (nSPS) is 13.0. The molecule has 3 N–H and O–H groups in total. The first-order valence-corrected chi connectivity index (χ1v) is 7.29. The van der Waals surface area contributed by atoms with E-state index in [0.717, 1.165) is 18.2 Å². The molecule has 1 unspecified atom stereocenters. The minimum Gasteiger partial charge on any atom is -0.468 e. The molecule has 7 heteroatoms. The molecule has 0 heterocycles. The fraction of sp³-hybridized carbons (Fsp3) is 0.417. The quantitative estimate of drug-likeness (QED) is 0.724. The highest BCUT2D eigenvalue weighted by atomic mass is 32.2. The zero-order valence-electron chi connectivity index (χ0n) is 10.9. The van der Waals surface area contributed by atoms with Gasteiger partial charge in [0.2, 0.25) is 10.0 Å². The van der Waals surface area contributed by atoms with Crippen LogP contribution < -0.4 is 10.5 Å². The third-order valence-electron chi connectivity index (χ3n) is 2.73. The van der Waals surface area contributed by atoms with Crippen molar-refractivity contribution in [2.24, 2.45) is 5.73 Å². The summed E-state index contributed by atoms with van der Waals surface area (Å²) in [5.74, 6) is -0.786. The van der Waals surface area contributed by atoms with Crippen molar-refractivity contribution < 1.29 is 17.9 Å². The van der Waals surface area contributed by atoms with Crippen molar-refractivity contribution in [2.45, 2.75) is 25.3 Å². The topological polar surface area (TPSA) is 98.5 Å². The van der Waals surface area contributed by atoms with E-state index in [-0.39, 0.29) is 6.54 Å². The largest absolute Gasteiger partial charge is 0.468 e. The number of hydrogen-bond donors (Lipinski definition) is 2. The molecule has 0 saturated heterocycles. The van der Waals surface area contributed by atoms with Crippen molar-refractivity contribution in [1.29, 1.82) is 0 Å². The Morgan fingerprint density at radius 2 is 1.84 bits per heavy atom. The second-order valence-electron chi connectivity index (χ2n) is 4.05. The molecule has 0 aliphatic carbocycles. The van der Waals surface area contributed by atoms with E-state index in [1.54, 1.807) is 12.1 Å².